The second kappa shape index (κ2) is 6.77. The third kappa shape index (κ3) is 6.01. The molecule has 1 amide bonds. The summed E-state index contributed by atoms with van der Waals surface area (Å²) < 4.78 is 37.2. The van der Waals surface area contributed by atoms with Gasteiger partial charge in [0.2, 0.25) is 5.91 Å². The van der Waals surface area contributed by atoms with Crippen LogP contribution in [0.4, 0.5) is 13.2 Å². The lowest BCUT2D eigenvalue weighted by Crippen LogP contribution is -2.37. The lowest BCUT2D eigenvalue weighted by Gasteiger charge is -2.22. The number of carboxylic acid groups (broad SMARTS) is 1. The van der Waals surface area contributed by atoms with Crippen LogP contribution >= 0.6 is 11.6 Å². The van der Waals surface area contributed by atoms with Crippen molar-refractivity contribution in [2.24, 2.45) is 5.73 Å². The summed E-state index contributed by atoms with van der Waals surface area (Å²) in [5.41, 5.74) is 5.43. The second-order valence-corrected chi connectivity index (χ2v) is 4.73. The molecular weight excluding hydrogens is 313 g/mol. The van der Waals surface area contributed by atoms with Gasteiger partial charge in [-0.2, -0.15) is 13.2 Å². The van der Waals surface area contributed by atoms with Crippen LogP contribution in [0.2, 0.25) is 5.02 Å². The van der Waals surface area contributed by atoms with E-state index in [9.17, 15) is 22.8 Å². The minimum atomic E-state index is -4.53. The van der Waals surface area contributed by atoms with Crippen molar-refractivity contribution < 1.29 is 27.9 Å². The number of carboxylic acids is 1. The maximum atomic E-state index is 12.4. The van der Waals surface area contributed by atoms with Gasteiger partial charge >= 0.3 is 12.1 Å². The van der Waals surface area contributed by atoms with Crippen LogP contribution in [0.3, 0.4) is 0 Å². The molecule has 3 N–H and O–H groups in total. The second-order valence-electron chi connectivity index (χ2n) is 4.32. The molecule has 5 nitrogen and oxygen atoms in total. The highest BCUT2D eigenvalue weighted by atomic mass is 35.5. The van der Waals surface area contributed by atoms with Gasteiger partial charge in [0.1, 0.15) is 0 Å². The van der Waals surface area contributed by atoms with Crippen LogP contribution in [0.1, 0.15) is 15.9 Å². The van der Waals surface area contributed by atoms with Crippen molar-refractivity contribution in [1.82, 2.24) is 4.90 Å². The Labute approximate surface area is 123 Å². The van der Waals surface area contributed by atoms with E-state index in [1.807, 2.05) is 0 Å². The van der Waals surface area contributed by atoms with E-state index in [1.165, 1.54) is 18.2 Å². The van der Waals surface area contributed by atoms with E-state index in [1.54, 1.807) is 0 Å². The zero-order valence-electron chi connectivity index (χ0n) is 10.7. The lowest BCUT2D eigenvalue weighted by molar-refractivity contribution is -0.154. The van der Waals surface area contributed by atoms with Crippen molar-refractivity contribution >= 4 is 23.5 Å². The third-order valence-corrected chi connectivity index (χ3v) is 2.85. The number of hydrogen-bond acceptors (Lipinski definition) is 3. The highest BCUT2D eigenvalue weighted by Gasteiger charge is 2.31. The van der Waals surface area contributed by atoms with Crippen molar-refractivity contribution in [1.29, 1.82) is 0 Å². The first-order valence-electron chi connectivity index (χ1n) is 5.67. The topological polar surface area (TPSA) is 83.6 Å². The molecule has 0 heterocycles. The summed E-state index contributed by atoms with van der Waals surface area (Å²) in [7, 11) is 0. The normalized spacial score (nSPS) is 11.7. The molecule has 0 spiro atoms. The number of nitrogens with zero attached hydrogens (tertiary/aromatic N) is 1. The van der Waals surface area contributed by atoms with Crippen molar-refractivity contribution in [3.63, 3.8) is 0 Å². The van der Waals surface area contributed by atoms with Crippen LogP contribution < -0.4 is 5.73 Å². The van der Waals surface area contributed by atoms with Gasteiger partial charge in [-0.1, -0.05) is 17.7 Å². The summed E-state index contributed by atoms with van der Waals surface area (Å²) >= 11 is 5.86. The van der Waals surface area contributed by atoms with E-state index in [-0.39, 0.29) is 22.7 Å². The van der Waals surface area contributed by atoms with Gasteiger partial charge in [0, 0.05) is 17.1 Å². The molecule has 0 aromatic heterocycles. The van der Waals surface area contributed by atoms with Crippen molar-refractivity contribution in [2.75, 3.05) is 13.1 Å². The first-order chi connectivity index (χ1) is 9.58. The van der Waals surface area contributed by atoms with E-state index in [0.29, 0.717) is 4.90 Å². The standard InChI is InChI=1S/C12H12ClF3N2O3/c13-9-3-7(11(17)21)1-2-8(9)4-18(5-10(19)20)6-12(14,15)16/h1-3H,4-6H2,(H2,17,21)(H,19,20). The maximum absolute atomic E-state index is 12.4. The van der Waals surface area contributed by atoms with Crippen LogP contribution in [0.25, 0.3) is 0 Å². The van der Waals surface area contributed by atoms with Gasteiger partial charge in [0.05, 0.1) is 13.1 Å². The van der Waals surface area contributed by atoms with Crippen LogP contribution in [-0.4, -0.2) is 41.1 Å². The average Bonchev–Trinajstić information content (AvgIpc) is 2.28. The predicted octanol–water partition coefficient (Wildman–Crippen LogP) is 1.89. The minimum Gasteiger partial charge on any atom is -0.480 e. The number of alkyl halides is 3. The maximum Gasteiger partial charge on any atom is 0.401 e. The van der Waals surface area contributed by atoms with Crippen LogP contribution in [-0.2, 0) is 11.3 Å². The fourth-order valence-corrected chi connectivity index (χ4v) is 1.92. The number of nitrogens with two attached hydrogens (primary N) is 1. The largest absolute Gasteiger partial charge is 0.480 e. The van der Waals surface area contributed by atoms with Crippen LogP contribution in [0, 0.1) is 0 Å². The van der Waals surface area contributed by atoms with E-state index < -0.39 is 31.1 Å². The third-order valence-electron chi connectivity index (χ3n) is 2.49. The summed E-state index contributed by atoms with van der Waals surface area (Å²) in [5.74, 6) is -2.11. The fraction of sp³-hybridized carbons (Fsp3) is 0.333. The molecule has 0 unspecified atom stereocenters. The molecule has 0 aliphatic heterocycles. The number of benzene rings is 1. The van der Waals surface area contributed by atoms with Gasteiger partial charge < -0.3 is 10.8 Å². The summed E-state index contributed by atoms with van der Waals surface area (Å²) in [6.45, 7) is -2.48. The molecule has 0 saturated carbocycles. The molecule has 0 bridgehead atoms. The number of carbonyl (C=O) groups excluding carboxylic acids is 1. The average molecular weight is 325 g/mol. The van der Waals surface area contributed by atoms with Crippen LogP contribution in [0.15, 0.2) is 18.2 Å². The van der Waals surface area contributed by atoms with Crippen molar-refractivity contribution in [2.45, 2.75) is 12.7 Å². The molecule has 0 saturated heterocycles. The zero-order chi connectivity index (χ0) is 16.2. The number of hydrogen-bond donors (Lipinski definition) is 2. The van der Waals surface area contributed by atoms with E-state index in [4.69, 9.17) is 22.4 Å². The number of amides is 1. The first kappa shape index (κ1) is 17.3. The molecular formula is C12H12ClF3N2O3. The van der Waals surface area contributed by atoms with E-state index in [0.717, 1.165) is 0 Å². The molecule has 1 rings (SSSR count). The summed E-state index contributed by atoms with van der Waals surface area (Å²) in [6, 6.07) is 3.88. The molecule has 0 radical (unpaired) electrons. The van der Waals surface area contributed by atoms with Gasteiger partial charge in [-0.25, -0.2) is 0 Å². The summed E-state index contributed by atoms with van der Waals surface area (Å²) in [6.07, 6.45) is -4.53. The number of primary amides is 1. The Balaban J connectivity index is 2.92. The Morgan fingerprint density at radius 3 is 2.38 bits per heavy atom. The van der Waals surface area contributed by atoms with E-state index >= 15 is 0 Å². The minimum absolute atomic E-state index is 0.0452. The predicted molar refractivity (Wildman–Crippen MR) is 68.9 cm³/mol. The molecule has 116 valence electrons. The molecule has 1 aromatic carbocycles. The summed E-state index contributed by atoms with van der Waals surface area (Å²) in [4.78, 5) is 22.2. The number of aliphatic carboxylic acids is 1. The monoisotopic (exact) mass is 324 g/mol. The van der Waals surface area contributed by atoms with Gasteiger partial charge in [-0.3, -0.25) is 14.5 Å². The SMILES string of the molecule is NC(=O)c1ccc(CN(CC(=O)O)CC(F)(F)F)c(Cl)c1. The van der Waals surface area contributed by atoms with Crippen molar-refractivity contribution in [3.05, 3.63) is 34.3 Å². The Morgan fingerprint density at radius 1 is 1.33 bits per heavy atom. The van der Waals surface area contributed by atoms with Gasteiger partial charge in [-0.15, -0.1) is 0 Å². The molecule has 0 aliphatic carbocycles. The quantitative estimate of drug-likeness (QED) is 0.837. The molecule has 0 aliphatic rings. The van der Waals surface area contributed by atoms with Gasteiger partial charge in [0.25, 0.3) is 0 Å². The van der Waals surface area contributed by atoms with Crippen LogP contribution in [0.5, 0.6) is 0 Å². The summed E-state index contributed by atoms with van der Waals surface area (Å²) in [5, 5.41) is 8.69. The van der Waals surface area contributed by atoms with Gasteiger partial charge in [-0.05, 0) is 17.7 Å². The molecule has 0 fully saturated rings. The number of rotatable bonds is 6. The van der Waals surface area contributed by atoms with Crippen molar-refractivity contribution in [3.8, 4) is 0 Å². The Hall–Kier alpha value is -1.80. The molecule has 0 atom stereocenters. The first-order valence-corrected chi connectivity index (χ1v) is 6.05. The Bertz CT molecular complexity index is 549. The van der Waals surface area contributed by atoms with Gasteiger partial charge in [0.15, 0.2) is 0 Å². The Morgan fingerprint density at radius 2 is 1.95 bits per heavy atom. The number of carbonyl (C=O) groups is 2. The zero-order valence-corrected chi connectivity index (χ0v) is 11.4. The highest BCUT2D eigenvalue weighted by molar-refractivity contribution is 6.31. The number of halogens is 4. The highest BCUT2D eigenvalue weighted by Crippen LogP contribution is 2.22. The van der Waals surface area contributed by atoms with E-state index in [2.05, 4.69) is 0 Å². The smallest absolute Gasteiger partial charge is 0.401 e. The Kier molecular flexibility index (Phi) is 5.56. The molecule has 21 heavy (non-hydrogen) atoms. The molecule has 9 heteroatoms. The fourth-order valence-electron chi connectivity index (χ4n) is 1.68. The lowest BCUT2D eigenvalue weighted by atomic mass is 10.1. The molecule has 1 aromatic rings.